The molecule has 0 aliphatic heterocycles. The van der Waals surface area contributed by atoms with E-state index in [0.717, 1.165) is 10.5 Å². The highest BCUT2D eigenvalue weighted by Crippen LogP contribution is 2.28. The van der Waals surface area contributed by atoms with Crippen molar-refractivity contribution in [2.75, 3.05) is 0 Å². The number of benzene rings is 2. The van der Waals surface area contributed by atoms with E-state index in [1.54, 1.807) is 6.07 Å². The third-order valence-electron chi connectivity index (χ3n) is 3.04. The highest BCUT2D eigenvalue weighted by atomic mass is 32.2. The Hall–Kier alpha value is -1.26. The molecule has 21 heavy (non-hydrogen) atoms. The van der Waals surface area contributed by atoms with Crippen LogP contribution in [0.2, 0.25) is 0 Å². The van der Waals surface area contributed by atoms with Crippen LogP contribution in [0.5, 0.6) is 0 Å². The molecular formula is C17H20O2S2. The Balaban J connectivity index is 2.47. The molecule has 2 aromatic carbocycles. The Morgan fingerprint density at radius 3 is 1.86 bits per heavy atom. The minimum Gasteiger partial charge on any atom is -0.254 e. The summed E-state index contributed by atoms with van der Waals surface area (Å²) in [6.45, 7) is 7.77. The van der Waals surface area contributed by atoms with Crippen LogP contribution in [0.4, 0.5) is 0 Å². The van der Waals surface area contributed by atoms with Gasteiger partial charge in [-0.25, -0.2) is 4.21 Å². The van der Waals surface area contributed by atoms with Crippen LogP contribution in [0.15, 0.2) is 63.2 Å². The minimum absolute atomic E-state index is 0.381. The first-order valence-corrected chi connectivity index (χ1v) is 9.10. The van der Waals surface area contributed by atoms with Crippen LogP contribution in [-0.2, 0) is 21.6 Å². The minimum atomic E-state index is -1.32. The van der Waals surface area contributed by atoms with Gasteiger partial charge in [-0.2, -0.15) is 0 Å². The molecule has 0 unspecified atom stereocenters. The van der Waals surface area contributed by atoms with E-state index in [1.807, 2.05) is 70.2 Å². The lowest BCUT2D eigenvalue weighted by Crippen LogP contribution is -2.22. The van der Waals surface area contributed by atoms with E-state index in [2.05, 4.69) is 0 Å². The van der Waals surface area contributed by atoms with E-state index in [1.165, 1.54) is 0 Å². The average Bonchev–Trinajstić information content (AvgIpc) is 2.45. The number of hydrogen-bond donors (Lipinski definition) is 0. The predicted octanol–water partition coefficient (Wildman–Crippen LogP) is 4.07. The van der Waals surface area contributed by atoms with Crippen LogP contribution < -0.4 is 0 Å². The third-order valence-corrected chi connectivity index (χ3v) is 6.49. The fourth-order valence-electron chi connectivity index (χ4n) is 1.88. The molecule has 2 aromatic rings. The van der Waals surface area contributed by atoms with Gasteiger partial charge < -0.3 is 0 Å². The summed E-state index contributed by atoms with van der Waals surface area (Å²) >= 11 is 0. The van der Waals surface area contributed by atoms with E-state index in [-0.39, 0.29) is 4.75 Å². The van der Waals surface area contributed by atoms with Gasteiger partial charge in [-0.05, 0) is 52.0 Å². The molecule has 0 saturated heterocycles. The lowest BCUT2D eigenvalue weighted by Gasteiger charge is -2.19. The molecule has 2 atom stereocenters. The van der Waals surface area contributed by atoms with Crippen molar-refractivity contribution in [1.29, 1.82) is 0 Å². The van der Waals surface area contributed by atoms with Gasteiger partial charge in [-0.1, -0.05) is 29.8 Å². The average molecular weight is 320 g/mol. The molecule has 4 heteroatoms. The Labute approximate surface area is 131 Å². The SMILES string of the molecule is Cc1ccc([S@@](=O)c2ccccc2[S@](=O)C(C)(C)C)cc1. The Bertz CT molecular complexity index is 683. The fraction of sp³-hybridized carbons (Fsp3) is 0.294. The molecule has 0 amide bonds. The molecule has 2 rings (SSSR count). The fourth-order valence-corrected chi connectivity index (χ4v) is 4.53. The lowest BCUT2D eigenvalue weighted by molar-refractivity contribution is 0.645. The van der Waals surface area contributed by atoms with Crippen LogP contribution in [0.25, 0.3) is 0 Å². The molecule has 0 bridgehead atoms. The van der Waals surface area contributed by atoms with Crippen molar-refractivity contribution >= 4 is 21.6 Å². The quantitative estimate of drug-likeness (QED) is 0.854. The molecule has 112 valence electrons. The summed E-state index contributed by atoms with van der Waals surface area (Å²) in [6, 6.07) is 14.9. The summed E-state index contributed by atoms with van der Waals surface area (Å²) in [4.78, 5) is 2.03. The summed E-state index contributed by atoms with van der Waals surface area (Å²) < 4.78 is 25.1. The van der Waals surface area contributed by atoms with Crippen LogP contribution in [0.3, 0.4) is 0 Å². The van der Waals surface area contributed by atoms with E-state index in [4.69, 9.17) is 0 Å². The standard InChI is InChI=1S/C17H20O2S2/c1-13-9-11-14(12-10-13)20(18)15-7-5-6-8-16(15)21(19)17(2,3)4/h5-12H,1-4H3/t20-,21+/m1/s1. The Morgan fingerprint density at radius 2 is 1.33 bits per heavy atom. The predicted molar refractivity (Wildman–Crippen MR) is 88.5 cm³/mol. The summed E-state index contributed by atoms with van der Waals surface area (Å²) in [6.07, 6.45) is 0. The summed E-state index contributed by atoms with van der Waals surface area (Å²) in [7, 11) is -2.52. The largest absolute Gasteiger partial charge is 0.254 e. The topological polar surface area (TPSA) is 34.1 Å². The smallest absolute Gasteiger partial charge is 0.0861 e. The molecule has 0 radical (unpaired) electrons. The van der Waals surface area contributed by atoms with Crippen molar-refractivity contribution < 1.29 is 8.42 Å². The first-order valence-electron chi connectivity index (χ1n) is 6.80. The first-order chi connectivity index (χ1) is 9.80. The molecule has 0 aromatic heterocycles. The van der Waals surface area contributed by atoms with Gasteiger partial charge in [-0.15, -0.1) is 0 Å². The zero-order valence-electron chi connectivity index (χ0n) is 12.8. The molecule has 0 aliphatic rings. The number of rotatable bonds is 3. The summed E-state index contributed by atoms with van der Waals surface area (Å²) in [5, 5.41) is 0. The molecule has 2 nitrogen and oxygen atoms in total. The van der Waals surface area contributed by atoms with Crippen LogP contribution in [0.1, 0.15) is 26.3 Å². The van der Waals surface area contributed by atoms with E-state index in [9.17, 15) is 8.42 Å². The molecule has 0 fully saturated rings. The second kappa shape index (κ2) is 6.24. The monoisotopic (exact) mass is 320 g/mol. The van der Waals surface area contributed by atoms with Gasteiger partial charge in [-0.3, -0.25) is 4.21 Å². The number of aryl methyl sites for hydroxylation is 1. The maximum absolute atomic E-state index is 12.8. The molecular weight excluding hydrogens is 300 g/mol. The van der Waals surface area contributed by atoms with Crippen molar-refractivity contribution in [3.8, 4) is 0 Å². The molecule has 0 aliphatic carbocycles. The first kappa shape index (κ1) is 16.1. The van der Waals surface area contributed by atoms with Gasteiger partial charge in [0.05, 0.1) is 31.4 Å². The number of hydrogen-bond acceptors (Lipinski definition) is 2. The van der Waals surface area contributed by atoms with Crippen molar-refractivity contribution in [3.63, 3.8) is 0 Å². The summed E-state index contributed by atoms with van der Waals surface area (Å²) in [5.74, 6) is 0. The Morgan fingerprint density at radius 1 is 0.810 bits per heavy atom. The van der Waals surface area contributed by atoms with Crippen molar-refractivity contribution in [3.05, 3.63) is 54.1 Å². The second-order valence-corrected chi connectivity index (χ2v) is 9.56. The van der Waals surface area contributed by atoms with Gasteiger partial charge in [0.2, 0.25) is 0 Å². The zero-order valence-corrected chi connectivity index (χ0v) is 14.4. The van der Waals surface area contributed by atoms with Crippen LogP contribution in [-0.4, -0.2) is 13.2 Å². The van der Waals surface area contributed by atoms with E-state index in [0.29, 0.717) is 9.79 Å². The highest BCUT2D eigenvalue weighted by Gasteiger charge is 2.25. The lowest BCUT2D eigenvalue weighted by atomic mass is 10.2. The van der Waals surface area contributed by atoms with E-state index < -0.39 is 21.6 Å². The molecule has 0 saturated carbocycles. The second-order valence-electron chi connectivity index (χ2n) is 5.91. The molecule has 0 heterocycles. The van der Waals surface area contributed by atoms with Crippen molar-refractivity contribution in [2.45, 2.75) is 47.1 Å². The van der Waals surface area contributed by atoms with Gasteiger partial charge in [0, 0.05) is 9.64 Å². The summed E-state index contributed by atoms with van der Waals surface area (Å²) in [5.41, 5.74) is 1.13. The highest BCUT2D eigenvalue weighted by molar-refractivity contribution is 7.89. The maximum Gasteiger partial charge on any atom is 0.0861 e. The molecule has 0 N–H and O–H groups in total. The zero-order chi connectivity index (χ0) is 15.6. The normalized spacial score (nSPS) is 14.7. The van der Waals surface area contributed by atoms with Gasteiger partial charge in [0.25, 0.3) is 0 Å². The van der Waals surface area contributed by atoms with Gasteiger partial charge in [0.15, 0.2) is 0 Å². The van der Waals surface area contributed by atoms with Crippen molar-refractivity contribution in [2.24, 2.45) is 0 Å². The van der Waals surface area contributed by atoms with Crippen LogP contribution >= 0.6 is 0 Å². The third kappa shape index (κ3) is 3.69. The van der Waals surface area contributed by atoms with E-state index >= 15 is 0 Å². The van der Waals surface area contributed by atoms with Gasteiger partial charge >= 0.3 is 0 Å². The Kier molecular flexibility index (Phi) is 4.79. The molecule has 0 spiro atoms. The van der Waals surface area contributed by atoms with Crippen molar-refractivity contribution in [1.82, 2.24) is 0 Å². The van der Waals surface area contributed by atoms with Gasteiger partial charge in [0.1, 0.15) is 0 Å². The maximum atomic E-state index is 12.8. The van der Waals surface area contributed by atoms with Crippen LogP contribution in [0, 0.1) is 6.92 Å².